The van der Waals surface area contributed by atoms with E-state index >= 15 is 8.78 Å². The first-order valence-electron chi connectivity index (χ1n) is 11.0. The number of benzene rings is 3. The normalized spacial score (nSPS) is 18.2. The van der Waals surface area contributed by atoms with Gasteiger partial charge in [0.15, 0.2) is 17.5 Å². The lowest BCUT2D eigenvalue weighted by Gasteiger charge is -2.35. The van der Waals surface area contributed by atoms with Crippen molar-refractivity contribution in [1.29, 1.82) is 21.0 Å². The van der Waals surface area contributed by atoms with Crippen molar-refractivity contribution in [1.82, 2.24) is 0 Å². The number of alkyl halides is 6. The molecule has 0 heterocycles. The molecule has 0 spiro atoms. The maximum Gasteiger partial charge on any atom is 0.417 e. The van der Waals surface area contributed by atoms with Crippen LogP contribution in [0.1, 0.15) is 46.7 Å². The third kappa shape index (κ3) is 3.06. The van der Waals surface area contributed by atoms with Crippen LogP contribution in [-0.2, 0) is 6.18 Å². The molecule has 40 heavy (non-hydrogen) atoms. The van der Waals surface area contributed by atoms with Gasteiger partial charge in [-0.2, -0.15) is 47.4 Å². The smallest absolute Gasteiger partial charge is 0.205 e. The van der Waals surface area contributed by atoms with Crippen molar-refractivity contribution in [2.24, 2.45) is 5.41 Å². The Labute approximate surface area is 217 Å². The van der Waals surface area contributed by atoms with E-state index in [0.29, 0.717) is 19.1 Å². The van der Waals surface area contributed by atoms with Crippen LogP contribution in [0, 0.1) is 68.2 Å². The third-order valence-corrected chi connectivity index (χ3v) is 7.37. The van der Waals surface area contributed by atoms with Crippen LogP contribution in [0.2, 0.25) is 0 Å². The molecule has 198 valence electrons. The number of fused-ring (bicyclic) bond motifs is 4. The maximum atomic E-state index is 15.6. The summed E-state index contributed by atoms with van der Waals surface area (Å²) in [6, 6.07) is 5.63. The Morgan fingerprint density at radius 1 is 0.725 bits per heavy atom. The molecule has 0 saturated heterocycles. The van der Waals surface area contributed by atoms with E-state index in [0.717, 1.165) is 6.07 Å². The lowest BCUT2D eigenvalue weighted by molar-refractivity contribution is -0.200. The minimum absolute atomic E-state index is 0.357. The van der Waals surface area contributed by atoms with Gasteiger partial charge >= 0.3 is 12.4 Å². The number of rotatable bonds is 0. The molecule has 4 nitrogen and oxygen atoms in total. The SMILES string of the molecule is CC1(C(F)(F)F)CC2=C(C=C1C#N)c1c(C#N)c3c(F)c(F)c(C#N)c(F)c3c3c(C#N)c(C(F)(F)F)cc2c13. The Balaban J connectivity index is 2.16. The van der Waals surface area contributed by atoms with Crippen LogP contribution in [0.3, 0.4) is 0 Å². The second kappa shape index (κ2) is 8.00. The molecule has 0 aromatic heterocycles. The van der Waals surface area contributed by atoms with Crippen molar-refractivity contribution in [2.75, 3.05) is 0 Å². The van der Waals surface area contributed by atoms with Gasteiger partial charge in [0, 0.05) is 32.7 Å². The first kappa shape index (κ1) is 26.6. The summed E-state index contributed by atoms with van der Waals surface area (Å²) in [5.41, 5.74) is -11.0. The van der Waals surface area contributed by atoms with Gasteiger partial charge in [0.25, 0.3) is 0 Å². The summed E-state index contributed by atoms with van der Waals surface area (Å²) in [5, 5.41) is 34.6. The standard InChI is InChI=1S/C27H7F9N4/c1-25(27(34,35)36)4-12-10(2-9(25)5-37)17-14(7-39)20-21(22(28)15(8-40)23(29)24(20)30)19-13(6-38)16(26(31,32)33)3-11(12)18(17)19/h2-3H,4H2,1H3. The van der Waals surface area contributed by atoms with Gasteiger partial charge in [0.2, 0.25) is 0 Å². The second-order valence-corrected chi connectivity index (χ2v) is 9.32. The largest absolute Gasteiger partial charge is 0.417 e. The van der Waals surface area contributed by atoms with Gasteiger partial charge in [0.1, 0.15) is 29.2 Å². The van der Waals surface area contributed by atoms with Crippen LogP contribution < -0.4 is 0 Å². The van der Waals surface area contributed by atoms with Crippen molar-refractivity contribution in [3.8, 4) is 24.3 Å². The van der Waals surface area contributed by atoms with E-state index in [1.54, 1.807) is 0 Å². The van der Waals surface area contributed by atoms with E-state index in [1.165, 1.54) is 18.2 Å². The molecule has 13 heteroatoms. The summed E-state index contributed by atoms with van der Waals surface area (Å²) in [6.45, 7) is 0.649. The summed E-state index contributed by atoms with van der Waals surface area (Å²) >= 11 is 0. The highest BCUT2D eigenvalue weighted by molar-refractivity contribution is 6.27. The molecule has 0 aliphatic heterocycles. The van der Waals surface area contributed by atoms with Crippen molar-refractivity contribution in [3.05, 3.63) is 68.5 Å². The molecule has 1 atom stereocenters. The fourth-order valence-electron chi connectivity index (χ4n) is 5.44. The summed E-state index contributed by atoms with van der Waals surface area (Å²) in [6.07, 6.45) is -10.8. The quantitative estimate of drug-likeness (QED) is 0.161. The zero-order chi connectivity index (χ0) is 29.7. The maximum absolute atomic E-state index is 15.6. The number of allylic oxidation sites excluding steroid dienone is 4. The molecule has 3 aromatic carbocycles. The Hall–Kier alpha value is -5.01. The lowest BCUT2D eigenvalue weighted by atomic mass is 9.71. The number of hydrogen-bond acceptors (Lipinski definition) is 4. The van der Waals surface area contributed by atoms with Gasteiger partial charge < -0.3 is 0 Å². The van der Waals surface area contributed by atoms with Gasteiger partial charge in [-0.15, -0.1) is 0 Å². The fourth-order valence-corrected chi connectivity index (χ4v) is 5.44. The van der Waals surface area contributed by atoms with Crippen LogP contribution >= 0.6 is 0 Å². The molecule has 2 aliphatic rings. The Kier molecular flexibility index (Phi) is 5.32. The molecule has 0 saturated carbocycles. The molecule has 0 bridgehead atoms. The van der Waals surface area contributed by atoms with Crippen LogP contribution in [0.25, 0.3) is 32.7 Å². The predicted octanol–water partition coefficient (Wildman–Crippen LogP) is 7.69. The van der Waals surface area contributed by atoms with Crippen molar-refractivity contribution in [2.45, 2.75) is 25.7 Å². The number of nitrogens with zero attached hydrogens (tertiary/aromatic N) is 4. The molecule has 3 aromatic rings. The van der Waals surface area contributed by atoms with Gasteiger partial charge in [-0.1, -0.05) is 0 Å². The van der Waals surface area contributed by atoms with Crippen LogP contribution in [0.15, 0.2) is 17.7 Å². The first-order chi connectivity index (χ1) is 18.6. The highest BCUT2D eigenvalue weighted by Crippen LogP contribution is 2.60. The van der Waals surface area contributed by atoms with E-state index in [4.69, 9.17) is 0 Å². The Bertz CT molecular complexity index is 1990. The average molecular weight is 558 g/mol. The van der Waals surface area contributed by atoms with Crippen LogP contribution in [0.5, 0.6) is 0 Å². The number of hydrogen-bond donors (Lipinski definition) is 0. The van der Waals surface area contributed by atoms with E-state index in [2.05, 4.69) is 0 Å². The summed E-state index contributed by atoms with van der Waals surface area (Å²) < 4.78 is 131. The molecule has 5 rings (SSSR count). The van der Waals surface area contributed by atoms with E-state index < -0.39 is 108 Å². The lowest BCUT2D eigenvalue weighted by Crippen LogP contribution is -2.38. The molecule has 1 unspecified atom stereocenters. The monoisotopic (exact) mass is 558 g/mol. The van der Waals surface area contributed by atoms with E-state index in [1.807, 2.05) is 0 Å². The first-order valence-corrected chi connectivity index (χ1v) is 11.0. The second-order valence-electron chi connectivity index (χ2n) is 9.32. The van der Waals surface area contributed by atoms with Crippen molar-refractivity contribution in [3.63, 3.8) is 0 Å². The van der Waals surface area contributed by atoms with Crippen molar-refractivity contribution < 1.29 is 39.5 Å². The zero-order valence-electron chi connectivity index (χ0n) is 19.6. The average Bonchev–Trinajstić information content (AvgIpc) is 3.18. The van der Waals surface area contributed by atoms with Gasteiger partial charge in [0.05, 0.1) is 22.8 Å². The molecule has 0 N–H and O–H groups in total. The predicted molar refractivity (Wildman–Crippen MR) is 120 cm³/mol. The fraction of sp³-hybridized carbons (Fsp3) is 0.185. The van der Waals surface area contributed by atoms with E-state index in [-0.39, 0.29) is 5.57 Å². The van der Waals surface area contributed by atoms with Gasteiger partial charge in [-0.25, -0.2) is 13.2 Å². The molecule has 0 radical (unpaired) electrons. The van der Waals surface area contributed by atoms with Crippen LogP contribution in [0.4, 0.5) is 39.5 Å². The molecule has 2 aliphatic carbocycles. The van der Waals surface area contributed by atoms with Crippen molar-refractivity contribution >= 4 is 32.7 Å². The molecule has 0 amide bonds. The van der Waals surface area contributed by atoms with Gasteiger partial charge in [-0.3, -0.25) is 0 Å². The molecular formula is C27H7F9N4. The van der Waals surface area contributed by atoms with E-state index in [9.17, 15) is 51.8 Å². The summed E-state index contributed by atoms with van der Waals surface area (Å²) in [7, 11) is 0. The summed E-state index contributed by atoms with van der Waals surface area (Å²) in [4.78, 5) is 0. The highest BCUT2D eigenvalue weighted by Gasteiger charge is 2.56. The third-order valence-electron chi connectivity index (χ3n) is 7.37. The Morgan fingerprint density at radius 2 is 1.32 bits per heavy atom. The highest BCUT2D eigenvalue weighted by atomic mass is 19.4. The number of nitriles is 4. The minimum Gasteiger partial charge on any atom is -0.205 e. The van der Waals surface area contributed by atoms with Crippen LogP contribution in [-0.4, -0.2) is 6.18 Å². The minimum atomic E-state index is -5.33. The topological polar surface area (TPSA) is 95.2 Å². The number of halogens is 9. The molecule has 0 fully saturated rings. The summed E-state index contributed by atoms with van der Waals surface area (Å²) in [5.74, 6) is -5.91. The molecular weight excluding hydrogens is 551 g/mol. The van der Waals surface area contributed by atoms with Gasteiger partial charge in [-0.05, 0) is 42.2 Å². The zero-order valence-corrected chi connectivity index (χ0v) is 19.6. The Morgan fingerprint density at radius 3 is 1.82 bits per heavy atom.